The summed E-state index contributed by atoms with van der Waals surface area (Å²) in [6.07, 6.45) is 4.13. The van der Waals surface area contributed by atoms with Crippen molar-refractivity contribution in [3.05, 3.63) is 23.3 Å². The number of benzene rings is 1. The number of anilines is 2. The summed E-state index contributed by atoms with van der Waals surface area (Å²) in [5.74, 6) is -1.04. The Hall–Kier alpha value is -1.75. The fraction of sp³-hybridized carbons (Fsp3) is 0.500. The first-order chi connectivity index (χ1) is 9.07. The fourth-order valence-corrected chi connectivity index (χ4v) is 1.92. The second-order valence-corrected chi connectivity index (χ2v) is 4.61. The number of aryl methyl sites for hydroxylation is 1. The average molecular weight is 265 g/mol. The van der Waals surface area contributed by atoms with E-state index in [0.29, 0.717) is 5.69 Å². The Morgan fingerprint density at radius 1 is 1.21 bits per heavy atom. The summed E-state index contributed by atoms with van der Waals surface area (Å²) in [7, 11) is 0. The van der Waals surface area contributed by atoms with E-state index in [1.165, 1.54) is 18.9 Å². The van der Waals surface area contributed by atoms with Gasteiger partial charge in [0.15, 0.2) is 0 Å². The molecule has 0 aromatic heterocycles. The minimum Gasteiger partial charge on any atom is -0.478 e. The van der Waals surface area contributed by atoms with Gasteiger partial charge in [-0.15, -0.1) is 0 Å². The molecule has 19 heavy (non-hydrogen) atoms. The first-order valence-electron chi connectivity index (χ1n) is 6.68. The van der Waals surface area contributed by atoms with Crippen LogP contribution in [0.3, 0.4) is 0 Å². The SMILES string of the molecule is CCCCNCCCc1ccc(C(=O)O)c(N)c1N. The molecule has 0 bridgehead atoms. The van der Waals surface area contributed by atoms with E-state index in [-0.39, 0.29) is 11.3 Å². The summed E-state index contributed by atoms with van der Waals surface area (Å²) in [4.78, 5) is 10.9. The lowest BCUT2D eigenvalue weighted by atomic mass is 10.0. The highest BCUT2D eigenvalue weighted by atomic mass is 16.4. The van der Waals surface area contributed by atoms with Crippen LogP contribution >= 0.6 is 0 Å². The lowest BCUT2D eigenvalue weighted by Gasteiger charge is -2.11. The van der Waals surface area contributed by atoms with E-state index >= 15 is 0 Å². The van der Waals surface area contributed by atoms with Crippen molar-refractivity contribution in [2.75, 3.05) is 24.6 Å². The number of carboxylic acids is 1. The van der Waals surface area contributed by atoms with Crippen LogP contribution in [0, 0.1) is 0 Å². The van der Waals surface area contributed by atoms with Crippen LogP contribution in [0.25, 0.3) is 0 Å². The number of hydrogen-bond acceptors (Lipinski definition) is 4. The zero-order valence-electron chi connectivity index (χ0n) is 11.4. The van der Waals surface area contributed by atoms with E-state index in [1.54, 1.807) is 6.07 Å². The first kappa shape index (κ1) is 15.3. The monoisotopic (exact) mass is 265 g/mol. The third-order valence-corrected chi connectivity index (χ3v) is 3.11. The molecular formula is C14H23N3O2. The topological polar surface area (TPSA) is 101 Å². The number of nitrogens with one attached hydrogen (secondary N) is 1. The van der Waals surface area contributed by atoms with E-state index in [1.807, 2.05) is 0 Å². The average Bonchev–Trinajstić information content (AvgIpc) is 2.38. The molecule has 106 valence electrons. The highest BCUT2D eigenvalue weighted by Crippen LogP contribution is 2.25. The van der Waals surface area contributed by atoms with Crippen molar-refractivity contribution < 1.29 is 9.90 Å². The minimum absolute atomic E-state index is 0.0716. The maximum absolute atomic E-state index is 10.9. The molecule has 1 rings (SSSR count). The van der Waals surface area contributed by atoms with Gasteiger partial charge in [-0.05, 0) is 44.0 Å². The van der Waals surface area contributed by atoms with Crippen molar-refractivity contribution in [1.29, 1.82) is 0 Å². The molecule has 0 atom stereocenters. The van der Waals surface area contributed by atoms with E-state index in [0.717, 1.165) is 31.5 Å². The van der Waals surface area contributed by atoms with Crippen molar-refractivity contribution in [2.24, 2.45) is 0 Å². The number of hydrogen-bond donors (Lipinski definition) is 4. The quantitative estimate of drug-likeness (QED) is 0.424. The Labute approximate surface area is 114 Å². The zero-order chi connectivity index (χ0) is 14.3. The van der Waals surface area contributed by atoms with Gasteiger partial charge < -0.3 is 21.9 Å². The Morgan fingerprint density at radius 2 is 1.89 bits per heavy atom. The number of aromatic carboxylic acids is 1. The molecule has 1 aromatic rings. The molecule has 0 saturated carbocycles. The predicted molar refractivity (Wildman–Crippen MR) is 78.3 cm³/mol. The van der Waals surface area contributed by atoms with Gasteiger partial charge in [0.1, 0.15) is 0 Å². The Morgan fingerprint density at radius 3 is 2.53 bits per heavy atom. The molecule has 0 spiro atoms. The largest absolute Gasteiger partial charge is 0.478 e. The van der Waals surface area contributed by atoms with Crippen LogP contribution in [0.5, 0.6) is 0 Å². The molecule has 0 fully saturated rings. The summed E-state index contributed by atoms with van der Waals surface area (Å²) in [5.41, 5.74) is 13.2. The fourth-order valence-electron chi connectivity index (χ4n) is 1.92. The van der Waals surface area contributed by atoms with Crippen LogP contribution in [0.2, 0.25) is 0 Å². The van der Waals surface area contributed by atoms with Crippen molar-refractivity contribution in [1.82, 2.24) is 5.32 Å². The molecule has 0 aliphatic carbocycles. The molecule has 6 N–H and O–H groups in total. The van der Waals surface area contributed by atoms with Crippen molar-refractivity contribution in [3.63, 3.8) is 0 Å². The highest BCUT2D eigenvalue weighted by molar-refractivity contribution is 5.97. The standard InChI is InChI=1S/C14H23N3O2/c1-2-3-8-17-9-4-5-10-6-7-11(14(18)19)13(16)12(10)15/h6-7,17H,2-5,8-9,15-16H2,1H3,(H,18,19). The molecule has 0 aliphatic rings. The molecule has 0 aliphatic heterocycles. The first-order valence-corrected chi connectivity index (χ1v) is 6.68. The lowest BCUT2D eigenvalue weighted by molar-refractivity contribution is 0.0698. The second kappa shape index (κ2) is 7.63. The van der Waals surface area contributed by atoms with Gasteiger partial charge in [0, 0.05) is 0 Å². The van der Waals surface area contributed by atoms with Crippen LogP contribution in [0.4, 0.5) is 11.4 Å². The van der Waals surface area contributed by atoms with Gasteiger partial charge in [-0.3, -0.25) is 0 Å². The number of carbonyl (C=O) groups is 1. The van der Waals surface area contributed by atoms with Gasteiger partial charge in [-0.2, -0.15) is 0 Å². The van der Waals surface area contributed by atoms with Gasteiger partial charge in [-0.25, -0.2) is 4.79 Å². The van der Waals surface area contributed by atoms with E-state index in [4.69, 9.17) is 16.6 Å². The van der Waals surface area contributed by atoms with E-state index < -0.39 is 5.97 Å². The molecule has 5 nitrogen and oxygen atoms in total. The van der Waals surface area contributed by atoms with Crippen LogP contribution in [0.1, 0.15) is 42.1 Å². The van der Waals surface area contributed by atoms with Gasteiger partial charge in [0.05, 0.1) is 16.9 Å². The molecular weight excluding hydrogens is 242 g/mol. The van der Waals surface area contributed by atoms with Gasteiger partial charge >= 0.3 is 5.97 Å². The number of unbranched alkanes of at least 4 members (excludes halogenated alkanes) is 1. The van der Waals surface area contributed by atoms with Crippen LogP contribution in [-0.4, -0.2) is 24.2 Å². The third kappa shape index (κ3) is 4.44. The van der Waals surface area contributed by atoms with Gasteiger partial charge in [-0.1, -0.05) is 19.4 Å². The Bertz CT molecular complexity index is 433. The van der Waals surface area contributed by atoms with E-state index in [2.05, 4.69) is 12.2 Å². The molecule has 0 amide bonds. The van der Waals surface area contributed by atoms with Crippen molar-refractivity contribution >= 4 is 17.3 Å². The smallest absolute Gasteiger partial charge is 0.337 e. The van der Waals surface area contributed by atoms with Gasteiger partial charge in [0.25, 0.3) is 0 Å². The molecule has 0 radical (unpaired) electrons. The number of nitrogen functional groups attached to an aromatic ring is 2. The van der Waals surface area contributed by atoms with Crippen LogP contribution in [0.15, 0.2) is 12.1 Å². The normalized spacial score (nSPS) is 10.6. The highest BCUT2D eigenvalue weighted by Gasteiger charge is 2.12. The Kier molecular flexibility index (Phi) is 6.15. The molecule has 0 heterocycles. The maximum Gasteiger partial charge on any atom is 0.337 e. The summed E-state index contributed by atoms with van der Waals surface area (Å²) in [5, 5.41) is 12.3. The van der Waals surface area contributed by atoms with Crippen molar-refractivity contribution in [3.8, 4) is 0 Å². The lowest BCUT2D eigenvalue weighted by Crippen LogP contribution is -2.17. The maximum atomic E-state index is 10.9. The molecule has 5 heteroatoms. The summed E-state index contributed by atoms with van der Waals surface area (Å²) in [6, 6.07) is 3.27. The summed E-state index contributed by atoms with van der Waals surface area (Å²) < 4.78 is 0. The predicted octanol–water partition coefficient (Wildman–Crippen LogP) is 1.87. The van der Waals surface area contributed by atoms with E-state index in [9.17, 15) is 4.79 Å². The minimum atomic E-state index is -1.04. The zero-order valence-corrected chi connectivity index (χ0v) is 11.4. The third-order valence-electron chi connectivity index (χ3n) is 3.11. The number of nitrogens with two attached hydrogens (primary N) is 2. The number of carboxylic acid groups (broad SMARTS) is 1. The molecule has 1 aromatic carbocycles. The summed E-state index contributed by atoms with van der Waals surface area (Å²) in [6.45, 7) is 4.13. The van der Waals surface area contributed by atoms with Crippen molar-refractivity contribution in [2.45, 2.75) is 32.6 Å². The van der Waals surface area contributed by atoms with Gasteiger partial charge in [0.2, 0.25) is 0 Å². The number of rotatable bonds is 8. The second-order valence-electron chi connectivity index (χ2n) is 4.61. The Balaban J connectivity index is 2.51. The van der Waals surface area contributed by atoms with Crippen LogP contribution in [-0.2, 0) is 6.42 Å². The molecule has 0 unspecified atom stereocenters. The van der Waals surface area contributed by atoms with Crippen LogP contribution < -0.4 is 16.8 Å². The summed E-state index contributed by atoms with van der Waals surface area (Å²) >= 11 is 0. The molecule has 0 saturated heterocycles.